The molecule has 1 aromatic heterocycles. The second-order valence-corrected chi connectivity index (χ2v) is 9.67. The maximum absolute atomic E-state index is 12.2. The molecule has 2 aromatic carbocycles. The number of carbonyl (C=O) groups is 2. The molecule has 188 valence electrons. The summed E-state index contributed by atoms with van der Waals surface area (Å²) >= 11 is 0. The number of anilines is 2. The van der Waals surface area contributed by atoms with Gasteiger partial charge in [-0.1, -0.05) is 0 Å². The normalized spacial score (nSPS) is 12.1. The SMILES string of the molecule is CC(C)(CO)NCC(=O)Nc1ccc(-c2nc3cc(NC(=O)CNC(C)(C)CO)ccc3o2)cc1. The van der Waals surface area contributed by atoms with E-state index in [4.69, 9.17) is 4.42 Å². The number of nitrogens with one attached hydrogen (secondary N) is 4. The van der Waals surface area contributed by atoms with Gasteiger partial charge in [-0.2, -0.15) is 0 Å². The molecule has 0 fully saturated rings. The Balaban J connectivity index is 1.62. The molecule has 0 aliphatic carbocycles. The summed E-state index contributed by atoms with van der Waals surface area (Å²) in [6.45, 7) is 7.21. The third-order valence-electron chi connectivity index (χ3n) is 5.33. The molecule has 0 spiro atoms. The Morgan fingerprint density at radius 3 is 1.89 bits per heavy atom. The van der Waals surface area contributed by atoms with Crippen molar-refractivity contribution in [3.63, 3.8) is 0 Å². The summed E-state index contributed by atoms with van der Waals surface area (Å²) in [6.07, 6.45) is 0. The van der Waals surface area contributed by atoms with Gasteiger partial charge in [0.25, 0.3) is 0 Å². The Bertz CT molecular complexity index is 1170. The van der Waals surface area contributed by atoms with Gasteiger partial charge in [-0.3, -0.25) is 9.59 Å². The van der Waals surface area contributed by atoms with Crippen molar-refractivity contribution in [2.75, 3.05) is 36.9 Å². The Morgan fingerprint density at radius 1 is 0.829 bits per heavy atom. The van der Waals surface area contributed by atoms with E-state index in [0.29, 0.717) is 28.4 Å². The van der Waals surface area contributed by atoms with Crippen molar-refractivity contribution in [1.82, 2.24) is 15.6 Å². The van der Waals surface area contributed by atoms with Gasteiger partial charge in [-0.25, -0.2) is 4.98 Å². The zero-order valence-electron chi connectivity index (χ0n) is 20.4. The van der Waals surface area contributed by atoms with E-state index in [0.717, 1.165) is 5.56 Å². The van der Waals surface area contributed by atoms with E-state index in [-0.39, 0.29) is 38.1 Å². The molecule has 0 unspecified atom stereocenters. The largest absolute Gasteiger partial charge is 0.436 e. The molecule has 6 N–H and O–H groups in total. The van der Waals surface area contributed by atoms with E-state index < -0.39 is 11.1 Å². The van der Waals surface area contributed by atoms with Crippen LogP contribution in [-0.2, 0) is 9.59 Å². The van der Waals surface area contributed by atoms with Gasteiger partial charge < -0.3 is 35.9 Å². The number of rotatable bonds is 11. The third kappa shape index (κ3) is 7.59. The minimum absolute atomic E-state index is 0.0633. The predicted molar refractivity (Wildman–Crippen MR) is 135 cm³/mol. The van der Waals surface area contributed by atoms with E-state index in [1.807, 2.05) is 13.8 Å². The van der Waals surface area contributed by atoms with E-state index >= 15 is 0 Å². The van der Waals surface area contributed by atoms with Gasteiger partial charge in [-0.15, -0.1) is 0 Å². The Hall–Kier alpha value is -3.31. The second kappa shape index (κ2) is 11.0. The number of carbonyl (C=O) groups excluding carboxylic acids is 2. The minimum Gasteiger partial charge on any atom is -0.436 e. The predicted octanol–water partition coefficient (Wildman–Crippen LogP) is 2.09. The topological polar surface area (TPSA) is 149 Å². The number of fused-ring (bicyclic) bond motifs is 1. The molecule has 0 saturated heterocycles. The average molecular weight is 484 g/mol. The van der Waals surface area contributed by atoms with Crippen LogP contribution in [0.25, 0.3) is 22.6 Å². The molecule has 10 heteroatoms. The standard InChI is InChI=1S/C25H33N5O5/c1-24(2,14-31)26-12-21(33)28-17-7-5-16(6-8-17)23-30-19-11-18(9-10-20(19)35-23)29-22(34)13-27-25(3,4)15-32/h5-11,26-27,31-32H,12-15H2,1-4H3,(H,28,33)(H,29,34). The number of aliphatic hydroxyl groups excluding tert-OH is 2. The monoisotopic (exact) mass is 483 g/mol. The molecule has 0 radical (unpaired) electrons. The lowest BCUT2D eigenvalue weighted by molar-refractivity contribution is -0.116. The molecular formula is C25H33N5O5. The van der Waals surface area contributed by atoms with Crippen LogP contribution in [0.15, 0.2) is 46.9 Å². The summed E-state index contributed by atoms with van der Waals surface area (Å²) in [6, 6.07) is 12.3. The molecule has 0 saturated carbocycles. The van der Waals surface area contributed by atoms with Crippen LogP contribution in [0, 0.1) is 0 Å². The minimum atomic E-state index is -0.547. The Labute approximate surface area is 204 Å². The van der Waals surface area contributed by atoms with Crippen molar-refractivity contribution in [3.8, 4) is 11.5 Å². The lowest BCUT2D eigenvalue weighted by atomic mass is 10.1. The quantitative estimate of drug-likeness (QED) is 0.243. The fourth-order valence-electron chi connectivity index (χ4n) is 2.99. The summed E-state index contributed by atoms with van der Waals surface area (Å²) in [5.74, 6) is -0.0349. The number of benzene rings is 2. The zero-order valence-corrected chi connectivity index (χ0v) is 20.4. The van der Waals surface area contributed by atoms with Gasteiger partial charge in [0.2, 0.25) is 17.7 Å². The first-order valence-corrected chi connectivity index (χ1v) is 11.3. The van der Waals surface area contributed by atoms with Crippen LogP contribution in [0.5, 0.6) is 0 Å². The maximum Gasteiger partial charge on any atom is 0.238 e. The molecule has 0 bridgehead atoms. The number of amides is 2. The molecule has 3 rings (SSSR count). The fraction of sp³-hybridized carbons (Fsp3) is 0.400. The molecule has 35 heavy (non-hydrogen) atoms. The first-order valence-electron chi connectivity index (χ1n) is 11.3. The van der Waals surface area contributed by atoms with Crippen LogP contribution in [0.1, 0.15) is 27.7 Å². The van der Waals surface area contributed by atoms with Gasteiger partial charge in [-0.05, 0) is 70.2 Å². The van der Waals surface area contributed by atoms with Crippen LogP contribution < -0.4 is 21.3 Å². The lowest BCUT2D eigenvalue weighted by Gasteiger charge is -2.23. The van der Waals surface area contributed by atoms with E-state index in [1.165, 1.54) is 0 Å². The summed E-state index contributed by atoms with van der Waals surface area (Å²) in [5.41, 5.74) is 2.03. The number of hydrogen-bond acceptors (Lipinski definition) is 8. The highest BCUT2D eigenvalue weighted by atomic mass is 16.3. The number of oxazole rings is 1. The van der Waals surface area contributed by atoms with Crippen LogP contribution in [-0.4, -0.2) is 64.4 Å². The smallest absolute Gasteiger partial charge is 0.238 e. The fourth-order valence-corrected chi connectivity index (χ4v) is 2.99. The van der Waals surface area contributed by atoms with Crippen LogP contribution in [0.4, 0.5) is 11.4 Å². The Kier molecular flexibility index (Phi) is 8.23. The molecule has 0 aliphatic rings. The van der Waals surface area contributed by atoms with Crippen molar-refractivity contribution >= 4 is 34.3 Å². The number of hydrogen-bond donors (Lipinski definition) is 6. The summed E-state index contributed by atoms with van der Waals surface area (Å²) in [5, 5.41) is 30.1. The molecule has 0 atom stereocenters. The number of aliphatic hydroxyl groups is 2. The highest BCUT2D eigenvalue weighted by molar-refractivity contribution is 5.94. The first-order chi connectivity index (χ1) is 16.5. The van der Waals surface area contributed by atoms with Gasteiger partial charge in [0.05, 0.1) is 26.3 Å². The highest BCUT2D eigenvalue weighted by Gasteiger charge is 2.18. The molecule has 0 aliphatic heterocycles. The molecule has 1 heterocycles. The van der Waals surface area contributed by atoms with Gasteiger partial charge in [0.1, 0.15) is 5.52 Å². The van der Waals surface area contributed by atoms with Gasteiger partial charge >= 0.3 is 0 Å². The average Bonchev–Trinajstić information content (AvgIpc) is 3.25. The first kappa shape index (κ1) is 26.3. The van der Waals surface area contributed by atoms with E-state index in [9.17, 15) is 19.8 Å². The highest BCUT2D eigenvalue weighted by Crippen LogP contribution is 2.27. The molecule has 3 aromatic rings. The summed E-state index contributed by atoms with van der Waals surface area (Å²) < 4.78 is 5.85. The van der Waals surface area contributed by atoms with Gasteiger partial charge in [0, 0.05) is 28.0 Å². The second-order valence-electron chi connectivity index (χ2n) is 9.67. The number of aromatic nitrogens is 1. The van der Waals surface area contributed by atoms with Crippen LogP contribution in [0.3, 0.4) is 0 Å². The van der Waals surface area contributed by atoms with Crippen molar-refractivity contribution in [2.24, 2.45) is 0 Å². The van der Waals surface area contributed by atoms with Crippen molar-refractivity contribution in [1.29, 1.82) is 0 Å². The lowest BCUT2D eigenvalue weighted by Crippen LogP contribution is -2.46. The van der Waals surface area contributed by atoms with E-state index in [1.54, 1.807) is 56.3 Å². The van der Waals surface area contributed by atoms with Gasteiger partial charge in [0.15, 0.2) is 5.58 Å². The Morgan fingerprint density at radius 2 is 1.34 bits per heavy atom. The van der Waals surface area contributed by atoms with Crippen molar-refractivity contribution in [2.45, 2.75) is 38.8 Å². The van der Waals surface area contributed by atoms with Crippen molar-refractivity contribution in [3.05, 3.63) is 42.5 Å². The van der Waals surface area contributed by atoms with E-state index in [2.05, 4.69) is 26.3 Å². The molecule has 2 amide bonds. The zero-order chi connectivity index (χ0) is 25.6. The summed E-state index contributed by atoms with van der Waals surface area (Å²) in [4.78, 5) is 28.9. The summed E-state index contributed by atoms with van der Waals surface area (Å²) in [7, 11) is 0. The molecule has 10 nitrogen and oxygen atoms in total. The van der Waals surface area contributed by atoms with Crippen LogP contribution in [0.2, 0.25) is 0 Å². The molecular weight excluding hydrogens is 450 g/mol. The van der Waals surface area contributed by atoms with Crippen LogP contribution >= 0.6 is 0 Å². The maximum atomic E-state index is 12.2. The van der Waals surface area contributed by atoms with Crippen molar-refractivity contribution < 1.29 is 24.2 Å². The number of nitrogens with zero attached hydrogens (tertiary/aromatic N) is 1. The third-order valence-corrected chi connectivity index (χ3v) is 5.33.